The molecule has 7 heteroatoms. The van der Waals surface area contributed by atoms with Crippen molar-refractivity contribution in [2.45, 2.75) is 33.1 Å². The number of thiophene rings is 1. The number of nitrogens with zero attached hydrogens (tertiary/aromatic N) is 1. The molecule has 0 spiro atoms. The zero-order valence-corrected chi connectivity index (χ0v) is 12.5. The van der Waals surface area contributed by atoms with Crippen molar-refractivity contribution in [1.29, 1.82) is 0 Å². The fourth-order valence-electron chi connectivity index (χ4n) is 2.03. The summed E-state index contributed by atoms with van der Waals surface area (Å²) in [5, 5.41) is 22.5. The Labute approximate surface area is 122 Å². The highest BCUT2D eigenvalue weighted by molar-refractivity contribution is 7.14. The van der Waals surface area contributed by atoms with Crippen LogP contribution in [0.25, 0.3) is 0 Å². The Morgan fingerprint density at radius 1 is 1.55 bits per heavy atom. The number of aliphatic hydroxyl groups is 1. The van der Waals surface area contributed by atoms with Crippen molar-refractivity contribution in [1.82, 2.24) is 5.32 Å². The Balaban J connectivity index is 2.62. The van der Waals surface area contributed by atoms with Crippen LogP contribution in [0.15, 0.2) is 6.07 Å². The molecule has 0 aliphatic rings. The SMILES string of the molecule is CCCC(CCO)CNC(=O)c1cc([N+](=O)[O-])c(C)s1. The third kappa shape index (κ3) is 4.57. The van der Waals surface area contributed by atoms with E-state index in [1.165, 1.54) is 6.07 Å². The first-order valence-corrected chi connectivity index (χ1v) is 7.45. The first-order chi connectivity index (χ1) is 9.49. The summed E-state index contributed by atoms with van der Waals surface area (Å²) in [6, 6.07) is 1.32. The van der Waals surface area contributed by atoms with Gasteiger partial charge in [0.25, 0.3) is 11.6 Å². The van der Waals surface area contributed by atoms with E-state index in [2.05, 4.69) is 12.2 Å². The van der Waals surface area contributed by atoms with Gasteiger partial charge in [0.05, 0.1) is 14.7 Å². The van der Waals surface area contributed by atoms with Crippen LogP contribution in [0.5, 0.6) is 0 Å². The lowest BCUT2D eigenvalue weighted by Crippen LogP contribution is -2.29. The summed E-state index contributed by atoms with van der Waals surface area (Å²) in [5.41, 5.74) is -0.0133. The van der Waals surface area contributed by atoms with E-state index in [0.717, 1.165) is 24.2 Å². The minimum Gasteiger partial charge on any atom is -0.396 e. The van der Waals surface area contributed by atoms with Crippen LogP contribution >= 0.6 is 11.3 Å². The zero-order chi connectivity index (χ0) is 15.1. The van der Waals surface area contributed by atoms with Crippen LogP contribution in [-0.4, -0.2) is 29.1 Å². The fraction of sp³-hybridized carbons (Fsp3) is 0.615. The van der Waals surface area contributed by atoms with Gasteiger partial charge >= 0.3 is 0 Å². The molecule has 2 N–H and O–H groups in total. The molecule has 0 aliphatic carbocycles. The van der Waals surface area contributed by atoms with E-state index < -0.39 is 4.92 Å². The molecular weight excluding hydrogens is 280 g/mol. The number of amides is 1. The number of rotatable bonds is 8. The van der Waals surface area contributed by atoms with Gasteiger partial charge in [-0.05, 0) is 25.7 Å². The maximum atomic E-state index is 12.0. The van der Waals surface area contributed by atoms with E-state index in [1.54, 1.807) is 6.92 Å². The van der Waals surface area contributed by atoms with Crippen LogP contribution < -0.4 is 5.32 Å². The Morgan fingerprint density at radius 2 is 2.25 bits per heavy atom. The monoisotopic (exact) mass is 300 g/mol. The van der Waals surface area contributed by atoms with Crippen molar-refractivity contribution in [2.24, 2.45) is 5.92 Å². The van der Waals surface area contributed by atoms with E-state index in [4.69, 9.17) is 5.11 Å². The lowest BCUT2D eigenvalue weighted by Gasteiger charge is -2.15. The normalized spacial score (nSPS) is 12.2. The lowest BCUT2D eigenvalue weighted by atomic mass is 10.0. The van der Waals surface area contributed by atoms with Gasteiger partial charge in [0, 0.05) is 19.2 Å². The van der Waals surface area contributed by atoms with Gasteiger partial charge < -0.3 is 10.4 Å². The summed E-state index contributed by atoms with van der Waals surface area (Å²) in [6.45, 7) is 4.27. The van der Waals surface area contributed by atoms with Gasteiger partial charge in [0.2, 0.25) is 0 Å². The molecule has 0 bridgehead atoms. The van der Waals surface area contributed by atoms with Gasteiger partial charge in [-0.25, -0.2) is 0 Å². The van der Waals surface area contributed by atoms with Crippen LogP contribution in [0.1, 0.15) is 40.7 Å². The van der Waals surface area contributed by atoms with Crippen molar-refractivity contribution in [3.63, 3.8) is 0 Å². The van der Waals surface area contributed by atoms with Gasteiger partial charge in [-0.3, -0.25) is 14.9 Å². The number of carbonyl (C=O) groups is 1. The predicted molar refractivity (Wildman–Crippen MR) is 78.1 cm³/mol. The molecule has 112 valence electrons. The summed E-state index contributed by atoms with van der Waals surface area (Å²) in [6.07, 6.45) is 2.58. The molecule has 1 aromatic rings. The Morgan fingerprint density at radius 3 is 2.75 bits per heavy atom. The van der Waals surface area contributed by atoms with Crippen LogP contribution in [-0.2, 0) is 0 Å². The van der Waals surface area contributed by atoms with Gasteiger partial charge in [-0.15, -0.1) is 11.3 Å². The second-order valence-corrected chi connectivity index (χ2v) is 5.94. The Hall–Kier alpha value is -1.47. The van der Waals surface area contributed by atoms with Crippen LogP contribution in [0.4, 0.5) is 5.69 Å². The topological polar surface area (TPSA) is 92.5 Å². The average Bonchev–Trinajstić information content (AvgIpc) is 2.78. The molecule has 1 rings (SSSR count). The highest BCUT2D eigenvalue weighted by Gasteiger charge is 2.20. The minimum atomic E-state index is -0.478. The van der Waals surface area contributed by atoms with E-state index in [9.17, 15) is 14.9 Å². The van der Waals surface area contributed by atoms with Crippen molar-refractivity contribution in [2.75, 3.05) is 13.2 Å². The summed E-state index contributed by atoms with van der Waals surface area (Å²) in [5.74, 6) is -0.0461. The zero-order valence-electron chi connectivity index (χ0n) is 11.7. The van der Waals surface area contributed by atoms with Crippen LogP contribution in [0, 0.1) is 23.0 Å². The quantitative estimate of drug-likeness (QED) is 0.570. The predicted octanol–water partition coefficient (Wildman–Crippen LogP) is 2.49. The molecule has 20 heavy (non-hydrogen) atoms. The molecule has 1 heterocycles. The molecule has 6 nitrogen and oxygen atoms in total. The molecule has 1 atom stereocenters. The third-order valence-corrected chi connectivity index (χ3v) is 4.14. The van der Waals surface area contributed by atoms with Gasteiger partial charge in [-0.2, -0.15) is 0 Å². The van der Waals surface area contributed by atoms with Crippen molar-refractivity contribution < 1.29 is 14.8 Å². The molecule has 0 aliphatic heterocycles. The maximum absolute atomic E-state index is 12.0. The van der Waals surface area contributed by atoms with Crippen LogP contribution in [0.3, 0.4) is 0 Å². The molecule has 0 saturated carbocycles. The molecule has 1 unspecified atom stereocenters. The van der Waals surface area contributed by atoms with E-state index in [1.807, 2.05) is 0 Å². The second-order valence-electron chi connectivity index (χ2n) is 4.69. The largest absolute Gasteiger partial charge is 0.396 e. The molecular formula is C13H20N2O4S. The fourth-order valence-corrected chi connectivity index (χ4v) is 2.93. The number of nitro groups is 1. The minimum absolute atomic E-state index is 0.0133. The van der Waals surface area contributed by atoms with Crippen LogP contribution in [0.2, 0.25) is 0 Å². The highest BCUT2D eigenvalue weighted by Crippen LogP contribution is 2.27. The standard InChI is InChI=1S/C13H20N2O4S/c1-3-4-10(5-6-16)8-14-13(17)12-7-11(15(18)19)9(2)20-12/h7,10,16H,3-6,8H2,1-2H3,(H,14,17). The van der Waals surface area contributed by atoms with Gasteiger partial charge in [-0.1, -0.05) is 13.3 Å². The van der Waals surface area contributed by atoms with Crippen molar-refractivity contribution in [3.05, 3.63) is 25.9 Å². The molecule has 0 aromatic carbocycles. The van der Waals surface area contributed by atoms with Gasteiger partial charge in [0.1, 0.15) is 0 Å². The van der Waals surface area contributed by atoms with E-state index in [-0.39, 0.29) is 24.1 Å². The summed E-state index contributed by atoms with van der Waals surface area (Å²) >= 11 is 1.13. The first kappa shape index (κ1) is 16.6. The summed E-state index contributed by atoms with van der Waals surface area (Å²) in [4.78, 5) is 23.1. The number of aryl methyl sites for hydroxylation is 1. The average molecular weight is 300 g/mol. The number of carbonyl (C=O) groups excluding carboxylic acids is 1. The van der Waals surface area contributed by atoms with Crippen molar-refractivity contribution in [3.8, 4) is 0 Å². The molecule has 1 aromatic heterocycles. The molecule has 0 fully saturated rings. The number of nitrogens with one attached hydrogen (secondary N) is 1. The number of hydrogen-bond acceptors (Lipinski definition) is 5. The highest BCUT2D eigenvalue weighted by atomic mass is 32.1. The lowest BCUT2D eigenvalue weighted by molar-refractivity contribution is -0.385. The molecule has 0 saturated heterocycles. The molecule has 0 radical (unpaired) electrons. The Bertz CT molecular complexity index is 467. The summed E-state index contributed by atoms with van der Waals surface area (Å²) < 4.78 is 0. The third-order valence-electron chi connectivity index (χ3n) is 3.10. The first-order valence-electron chi connectivity index (χ1n) is 6.63. The van der Waals surface area contributed by atoms with E-state index in [0.29, 0.717) is 22.7 Å². The maximum Gasteiger partial charge on any atom is 0.283 e. The summed E-state index contributed by atoms with van der Waals surface area (Å²) in [7, 11) is 0. The van der Waals surface area contributed by atoms with Gasteiger partial charge in [0.15, 0.2) is 0 Å². The molecule has 1 amide bonds. The smallest absolute Gasteiger partial charge is 0.283 e. The second kappa shape index (κ2) is 7.96. The van der Waals surface area contributed by atoms with Crippen molar-refractivity contribution >= 4 is 22.9 Å². The number of hydrogen-bond donors (Lipinski definition) is 2. The van der Waals surface area contributed by atoms with E-state index >= 15 is 0 Å². The Kier molecular flexibility index (Phi) is 6.60. The number of aliphatic hydroxyl groups excluding tert-OH is 1.